The molecule has 0 N–H and O–H groups in total. The Kier molecular flexibility index (Phi) is 5.50. The Bertz CT molecular complexity index is 960. The molecule has 26 heavy (non-hydrogen) atoms. The van der Waals surface area contributed by atoms with Crippen molar-refractivity contribution in [3.63, 3.8) is 0 Å². The lowest BCUT2D eigenvalue weighted by Crippen LogP contribution is -1.94. The van der Waals surface area contributed by atoms with Crippen molar-refractivity contribution in [2.24, 2.45) is 0 Å². The van der Waals surface area contributed by atoms with E-state index in [1.807, 2.05) is 6.07 Å². The maximum Gasteiger partial charge on any atom is 0.283 e. The third-order valence-electron chi connectivity index (χ3n) is 3.41. The number of carbonyl (C=O) groups is 1. The molecule has 0 fully saturated rings. The topological polar surface area (TPSA) is 86.0 Å². The fourth-order valence-corrected chi connectivity index (χ4v) is 2.97. The van der Waals surface area contributed by atoms with Crippen LogP contribution in [0.2, 0.25) is 0 Å². The number of nitro groups is 1. The molecule has 128 valence electrons. The number of allylic oxidation sites excluding steroid dienone is 1. The highest BCUT2D eigenvalue weighted by Crippen LogP contribution is 2.33. The van der Waals surface area contributed by atoms with Crippen LogP contribution in [0.5, 0.6) is 0 Å². The van der Waals surface area contributed by atoms with Gasteiger partial charge in [0.25, 0.3) is 5.69 Å². The molecule has 3 rings (SSSR count). The minimum absolute atomic E-state index is 0.0586. The second-order valence-corrected chi connectivity index (χ2v) is 6.19. The van der Waals surface area contributed by atoms with Crippen molar-refractivity contribution in [1.29, 1.82) is 0 Å². The molecule has 0 bridgehead atoms. The Labute approximate surface area is 153 Å². The number of aromatic nitrogens is 2. The van der Waals surface area contributed by atoms with E-state index < -0.39 is 4.92 Å². The predicted octanol–water partition coefficient (Wildman–Crippen LogP) is 4.43. The van der Waals surface area contributed by atoms with Crippen LogP contribution in [0.1, 0.15) is 15.9 Å². The van der Waals surface area contributed by atoms with Crippen molar-refractivity contribution >= 4 is 29.3 Å². The molecule has 0 aliphatic carbocycles. The van der Waals surface area contributed by atoms with Gasteiger partial charge in [0.1, 0.15) is 0 Å². The van der Waals surface area contributed by atoms with E-state index in [4.69, 9.17) is 0 Å². The highest BCUT2D eigenvalue weighted by Gasteiger charge is 2.16. The summed E-state index contributed by atoms with van der Waals surface area (Å²) in [6, 6.07) is 15.3. The molecule has 3 aromatic rings. The van der Waals surface area contributed by atoms with Gasteiger partial charge >= 0.3 is 0 Å². The molecule has 0 radical (unpaired) electrons. The number of hydrogen-bond donors (Lipinski definition) is 0. The standard InChI is InChI=1S/C19H13N3O3S/c23-17(15-5-2-1-3-6-15)9-7-14-8-10-18(16(13-14)22(24)25)26-19-20-11-4-12-21-19/h1-13H/b9-7+. The molecule has 0 aliphatic rings. The Balaban J connectivity index is 1.83. The summed E-state index contributed by atoms with van der Waals surface area (Å²) in [6.07, 6.45) is 6.12. The predicted molar refractivity (Wildman–Crippen MR) is 99.1 cm³/mol. The van der Waals surface area contributed by atoms with Gasteiger partial charge in [-0.05, 0) is 35.5 Å². The van der Waals surface area contributed by atoms with Gasteiger partial charge in [-0.3, -0.25) is 14.9 Å². The van der Waals surface area contributed by atoms with Gasteiger partial charge in [0.2, 0.25) is 0 Å². The molecular formula is C19H13N3O3S. The molecule has 0 unspecified atom stereocenters. The normalized spacial score (nSPS) is 10.8. The lowest BCUT2D eigenvalue weighted by molar-refractivity contribution is -0.387. The molecule has 0 atom stereocenters. The van der Waals surface area contributed by atoms with Crippen LogP contribution in [0.25, 0.3) is 6.08 Å². The van der Waals surface area contributed by atoms with Gasteiger partial charge in [-0.25, -0.2) is 9.97 Å². The number of ketones is 1. The summed E-state index contributed by atoms with van der Waals surface area (Å²) in [5, 5.41) is 11.8. The van der Waals surface area contributed by atoms with Crippen molar-refractivity contribution in [3.8, 4) is 0 Å². The van der Waals surface area contributed by atoms with Gasteiger partial charge < -0.3 is 0 Å². The molecule has 1 heterocycles. The minimum Gasteiger partial charge on any atom is -0.289 e. The number of benzene rings is 2. The summed E-state index contributed by atoms with van der Waals surface area (Å²) in [6.45, 7) is 0. The monoisotopic (exact) mass is 363 g/mol. The number of carbonyl (C=O) groups excluding carboxylic acids is 1. The minimum atomic E-state index is -0.457. The van der Waals surface area contributed by atoms with Crippen LogP contribution in [0, 0.1) is 10.1 Å². The zero-order chi connectivity index (χ0) is 18.4. The molecule has 0 saturated carbocycles. The number of hydrogen-bond acceptors (Lipinski definition) is 6. The number of nitro benzene ring substituents is 1. The van der Waals surface area contributed by atoms with Gasteiger partial charge in [0.05, 0.1) is 9.82 Å². The SMILES string of the molecule is O=C(/C=C/c1ccc(Sc2ncccn2)c([N+](=O)[O-])c1)c1ccccc1. The fourth-order valence-electron chi connectivity index (χ4n) is 2.17. The fraction of sp³-hybridized carbons (Fsp3) is 0. The van der Waals surface area contributed by atoms with E-state index in [1.165, 1.54) is 12.1 Å². The quantitative estimate of drug-likeness (QED) is 0.212. The summed E-state index contributed by atoms with van der Waals surface area (Å²) in [4.78, 5) is 31.6. The van der Waals surface area contributed by atoms with Gasteiger partial charge in [-0.15, -0.1) is 0 Å². The van der Waals surface area contributed by atoms with E-state index in [0.29, 0.717) is 21.2 Å². The van der Waals surface area contributed by atoms with Gasteiger partial charge in [-0.2, -0.15) is 0 Å². The number of rotatable bonds is 6. The van der Waals surface area contributed by atoms with Crippen LogP contribution in [0.4, 0.5) is 5.69 Å². The first-order valence-electron chi connectivity index (χ1n) is 7.64. The highest BCUT2D eigenvalue weighted by molar-refractivity contribution is 7.99. The van der Waals surface area contributed by atoms with Crippen molar-refractivity contribution in [2.45, 2.75) is 10.1 Å². The maximum atomic E-state index is 12.1. The lowest BCUT2D eigenvalue weighted by Gasteiger charge is -2.03. The average Bonchev–Trinajstić information content (AvgIpc) is 2.68. The summed E-state index contributed by atoms with van der Waals surface area (Å²) < 4.78 is 0. The molecule has 0 spiro atoms. The molecule has 2 aromatic carbocycles. The lowest BCUT2D eigenvalue weighted by atomic mass is 10.1. The van der Waals surface area contributed by atoms with Gasteiger partial charge in [0.15, 0.2) is 10.9 Å². The molecule has 0 saturated heterocycles. The molecule has 6 nitrogen and oxygen atoms in total. The van der Waals surface area contributed by atoms with Crippen LogP contribution >= 0.6 is 11.8 Å². The van der Waals surface area contributed by atoms with E-state index in [2.05, 4.69) is 9.97 Å². The highest BCUT2D eigenvalue weighted by atomic mass is 32.2. The van der Waals surface area contributed by atoms with Crippen molar-refractivity contribution in [3.05, 3.63) is 94.3 Å². The molecule has 0 amide bonds. The summed E-state index contributed by atoms with van der Waals surface area (Å²) in [5.74, 6) is -0.163. The molecule has 1 aromatic heterocycles. The Morgan fingerprint density at radius 3 is 2.46 bits per heavy atom. The van der Waals surface area contributed by atoms with Crippen molar-refractivity contribution in [1.82, 2.24) is 9.97 Å². The first-order valence-corrected chi connectivity index (χ1v) is 8.46. The maximum absolute atomic E-state index is 12.1. The summed E-state index contributed by atoms with van der Waals surface area (Å²) in [5.41, 5.74) is 1.07. The van der Waals surface area contributed by atoms with Crippen LogP contribution in [-0.2, 0) is 0 Å². The largest absolute Gasteiger partial charge is 0.289 e. The Hall–Kier alpha value is -3.32. The zero-order valence-corrected chi connectivity index (χ0v) is 14.3. The van der Waals surface area contributed by atoms with Crippen LogP contribution < -0.4 is 0 Å². The van der Waals surface area contributed by atoms with Crippen LogP contribution in [-0.4, -0.2) is 20.7 Å². The second kappa shape index (κ2) is 8.17. The summed E-state index contributed by atoms with van der Waals surface area (Å²) >= 11 is 1.12. The average molecular weight is 363 g/mol. The van der Waals surface area contributed by atoms with E-state index in [-0.39, 0.29) is 11.5 Å². The zero-order valence-electron chi connectivity index (χ0n) is 13.5. The van der Waals surface area contributed by atoms with E-state index in [1.54, 1.807) is 60.9 Å². The van der Waals surface area contributed by atoms with Crippen molar-refractivity contribution < 1.29 is 9.72 Å². The Morgan fingerprint density at radius 2 is 1.77 bits per heavy atom. The third kappa shape index (κ3) is 4.40. The van der Waals surface area contributed by atoms with E-state index in [0.717, 1.165) is 11.8 Å². The second-order valence-electron chi connectivity index (χ2n) is 5.18. The summed E-state index contributed by atoms with van der Waals surface area (Å²) in [7, 11) is 0. The number of nitrogens with zero attached hydrogens (tertiary/aromatic N) is 3. The van der Waals surface area contributed by atoms with E-state index in [9.17, 15) is 14.9 Å². The third-order valence-corrected chi connectivity index (χ3v) is 4.37. The van der Waals surface area contributed by atoms with E-state index >= 15 is 0 Å². The molecule has 7 heteroatoms. The molecule has 0 aliphatic heterocycles. The van der Waals surface area contributed by atoms with Crippen molar-refractivity contribution in [2.75, 3.05) is 0 Å². The van der Waals surface area contributed by atoms with Crippen LogP contribution in [0.15, 0.2) is 83.1 Å². The Morgan fingerprint density at radius 1 is 1.04 bits per heavy atom. The van der Waals surface area contributed by atoms with Gasteiger partial charge in [0, 0.05) is 24.0 Å². The first-order chi connectivity index (χ1) is 12.6. The molecular weight excluding hydrogens is 350 g/mol. The first kappa shape index (κ1) is 17.5. The smallest absolute Gasteiger partial charge is 0.283 e. The van der Waals surface area contributed by atoms with Crippen LogP contribution in [0.3, 0.4) is 0 Å². The van der Waals surface area contributed by atoms with Gasteiger partial charge in [-0.1, -0.05) is 42.5 Å².